The van der Waals surface area contributed by atoms with Crippen molar-refractivity contribution >= 4 is 0 Å². The van der Waals surface area contributed by atoms with Gasteiger partial charge < -0.3 is 30.3 Å². The summed E-state index contributed by atoms with van der Waals surface area (Å²) in [5, 5.41) is 0. The van der Waals surface area contributed by atoms with E-state index < -0.39 is 0 Å². The molecule has 0 nitrogen and oxygen atoms in total. The van der Waals surface area contributed by atoms with Crippen LogP contribution in [-0.4, -0.2) is 0 Å². The molecule has 1 rings (SSSR count). The summed E-state index contributed by atoms with van der Waals surface area (Å²) < 4.78 is 0. The van der Waals surface area contributed by atoms with Crippen molar-refractivity contribution in [2.75, 3.05) is 0 Å². The molecular weight excluding hydrogens is 119 g/mol. The van der Waals surface area contributed by atoms with Crippen LogP contribution in [0.25, 0.3) is 0 Å². The summed E-state index contributed by atoms with van der Waals surface area (Å²) in [5.41, 5.74) is 0. The number of hydrogen-bond donors (Lipinski definition) is 0. The van der Waals surface area contributed by atoms with Crippen LogP contribution in [0.1, 0.15) is 0 Å². The van der Waals surface area contributed by atoms with Crippen molar-refractivity contribution in [1.82, 2.24) is 0 Å². The van der Waals surface area contributed by atoms with Gasteiger partial charge in [-0.3, -0.25) is 0 Å². The smallest absolute Gasteiger partial charge is 0.999 e. The van der Waals surface area contributed by atoms with Gasteiger partial charge in [-0.1, -0.05) is 0 Å². The molecule has 0 atom stereocenters. The number of hydrogen-bond acceptors (Lipinski definition) is 0. The summed E-state index contributed by atoms with van der Waals surface area (Å²) in [6, 6.07) is 12.0. The van der Waals surface area contributed by atoms with Crippen molar-refractivity contribution < 1.29 is 16.8 Å². The maximum atomic E-state index is 2.62. The summed E-state index contributed by atoms with van der Waals surface area (Å²) in [6.45, 7) is 0. The van der Waals surface area contributed by atoms with Gasteiger partial charge in [0.15, 0.2) is 0 Å². The van der Waals surface area contributed by atoms with Gasteiger partial charge in [0, 0.05) is 0 Å². The van der Waals surface area contributed by atoms with Crippen molar-refractivity contribution in [2.45, 2.75) is 0 Å². The first-order valence-corrected chi connectivity index (χ1v) is 1.33. The Hall–Kier alpha value is -0.144. The van der Waals surface area contributed by atoms with Gasteiger partial charge in [-0.25, -0.2) is 0 Å². The van der Waals surface area contributed by atoms with E-state index in [-0.39, 0.29) is 16.8 Å². The second-order valence-electron chi connectivity index (χ2n) is 0.683. The van der Waals surface area contributed by atoms with Crippen LogP contribution in [0.4, 0.5) is 0 Å². The molecular formula is C5HCo-3. The fourth-order valence-electron chi connectivity index (χ4n) is 0.180. The molecule has 0 aliphatic rings. The van der Waals surface area contributed by atoms with Gasteiger partial charge >= 0.3 is 16.8 Å². The van der Waals surface area contributed by atoms with E-state index in [4.69, 9.17) is 0 Å². The van der Waals surface area contributed by atoms with Crippen molar-refractivity contribution in [3.63, 3.8) is 0 Å². The predicted octanol–water partition coefficient (Wildman–Crippen LogP) is 0.604. The third-order valence-electron chi connectivity index (χ3n) is 0.351. The fourth-order valence-corrected chi connectivity index (χ4v) is 0.180. The molecule has 33 valence electrons. The molecule has 0 amide bonds. The Kier molecular flexibility index (Phi) is 2.99. The molecule has 0 N–H and O–H groups in total. The fraction of sp³-hybridized carbons (Fsp3) is 0. The standard InChI is InChI=1S/C5H.Co/c1-2-4-5-3-1;/h1H;/q-5;+2. The third-order valence-corrected chi connectivity index (χ3v) is 0.351. The molecule has 1 aromatic carbocycles. The molecule has 0 aliphatic heterocycles. The van der Waals surface area contributed by atoms with E-state index in [2.05, 4.69) is 24.3 Å². The van der Waals surface area contributed by atoms with Crippen LogP contribution < -0.4 is 0 Å². The first-order chi connectivity index (χ1) is 2.50. The minimum Gasteiger partial charge on any atom is -0.999 e. The van der Waals surface area contributed by atoms with E-state index in [1.807, 2.05) is 0 Å². The molecule has 0 heterocycles. The molecule has 1 heteroatoms. The molecule has 0 aromatic heterocycles. The van der Waals surface area contributed by atoms with Crippen molar-refractivity contribution in [3.05, 3.63) is 30.3 Å². The monoisotopic (exact) mass is 120 g/mol. The van der Waals surface area contributed by atoms with E-state index in [9.17, 15) is 0 Å². The van der Waals surface area contributed by atoms with Crippen LogP contribution in [0.15, 0.2) is 6.07 Å². The van der Waals surface area contributed by atoms with Crippen molar-refractivity contribution in [2.24, 2.45) is 0 Å². The maximum Gasteiger partial charge on any atom is 2.00 e. The molecule has 0 aliphatic carbocycles. The van der Waals surface area contributed by atoms with E-state index >= 15 is 0 Å². The van der Waals surface area contributed by atoms with Crippen molar-refractivity contribution in [1.29, 1.82) is 0 Å². The molecule has 0 saturated heterocycles. The van der Waals surface area contributed by atoms with Crippen LogP contribution >= 0.6 is 0 Å². The molecule has 1 radical (unpaired) electrons. The minimum absolute atomic E-state index is 0. The van der Waals surface area contributed by atoms with Gasteiger partial charge in [0.2, 0.25) is 0 Å². The molecule has 0 spiro atoms. The van der Waals surface area contributed by atoms with Gasteiger partial charge in [-0.2, -0.15) is 0 Å². The Bertz CT molecular complexity index is 60.4. The van der Waals surface area contributed by atoms with Gasteiger partial charge in [0.1, 0.15) is 0 Å². The summed E-state index contributed by atoms with van der Waals surface area (Å²) in [4.78, 5) is 0. The van der Waals surface area contributed by atoms with E-state index in [0.29, 0.717) is 0 Å². The largest absolute Gasteiger partial charge is 2.00 e. The van der Waals surface area contributed by atoms with E-state index in [0.717, 1.165) is 0 Å². The molecule has 6 heavy (non-hydrogen) atoms. The average molecular weight is 120 g/mol. The SMILES string of the molecule is [Co+2].[c-]1[c-][c-][cH-][c-]1. The Labute approximate surface area is 47.7 Å². The zero-order valence-electron chi connectivity index (χ0n) is 2.91. The quantitative estimate of drug-likeness (QED) is 0.440. The minimum atomic E-state index is 0. The first-order valence-electron chi connectivity index (χ1n) is 1.33. The maximum absolute atomic E-state index is 2.62. The van der Waals surface area contributed by atoms with Crippen LogP contribution in [-0.2, 0) is 16.8 Å². The topological polar surface area (TPSA) is 0 Å². The zero-order valence-corrected chi connectivity index (χ0v) is 3.95. The molecule has 1 aromatic rings. The Morgan fingerprint density at radius 2 is 1.50 bits per heavy atom. The van der Waals surface area contributed by atoms with Crippen LogP contribution in [0.3, 0.4) is 0 Å². The summed E-state index contributed by atoms with van der Waals surface area (Å²) in [6.07, 6.45) is 0. The summed E-state index contributed by atoms with van der Waals surface area (Å²) in [5.74, 6) is 0. The van der Waals surface area contributed by atoms with Crippen LogP contribution in [0.5, 0.6) is 0 Å². The van der Waals surface area contributed by atoms with Crippen LogP contribution in [0, 0.1) is 24.3 Å². The predicted molar refractivity (Wildman–Crippen MR) is 17.4 cm³/mol. The Morgan fingerprint density at radius 1 is 1.00 bits per heavy atom. The zero-order chi connectivity index (χ0) is 3.54. The van der Waals surface area contributed by atoms with Gasteiger partial charge in [-0.05, 0) is 0 Å². The first kappa shape index (κ1) is 5.86. The second-order valence-corrected chi connectivity index (χ2v) is 0.683. The summed E-state index contributed by atoms with van der Waals surface area (Å²) in [7, 11) is 0. The molecule has 0 saturated carbocycles. The number of rotatable bonds is 0. The van der Waals surface area contributed by atoms with Crippen LogP contribution in [0.2, 0.25) is 0 Å². The Morgan fingerprint density at radius 3 is 1.67 bits per heavy atom. The summed E-state index contributed by atoms with van der Waals surface area (Å²) >= 11 is 0. The van der Waals surface area contributed by atoms with Gasteiger partial charge in [-0.15, -0.1) is 0 Å². The van der Waals surface area contributed by atoms with Gasteiger partial charge in [0.25, 0.3) is 0 Å². The third kappa shape index (κ3) is 1.33. The average Bonchev–Trinajstić information content (AvgIpc) is 1.76. The molecule has 0 fully saturated rings. The molecule has 0 unspecified atom stereocenters. The second kappa shape index (κ2) is 3.06. The van der Waals surface area contributed by atoms with E-state index in [1.54, 1.807) is 6.07 Å². The normalized spacial score (nSPS) is 6.67. The van der Waals surface area contributed by atoms with E-state index in [1.165, 1.54) is 0 Å². The van der Waals surface area contributed by atoms with Gasteiger partial charge in [0.05, 0.1) is 0 Å². The molecule has 0 bridgehead atoms. The Balaban J connectivity index is 0.000000250. The van der Waals surface area contributed by atoms with Crippen molar-refractivity contribution in [3.8, 4) is 0 Å².